The molecule has 1 rings (SSSR count). The number of aliphatic imine (C=N–C) groups is 1. The van der Waals surface area contributed by atoms with Crippen LogP contribution in [0.4, 0.5) is 10.5 Å². The maximum atomic E-state index is 11.5. The number of halogens is 1. The highest BCUT2D eigenvalue weighted by Crippen LogP contribution is 2.16. The maximum Gasteiger partial charge on any atom is 0.407 e. The molecule has 26 heavy (non-hydrogen) atoms. The van der Waals surface area contributed by atoms with Crippen molar-refractivity contribution in [3.05, 3.63) is 24.3 Å². The molecule has 0 aliphatic carbocycles. The highest BCUT2D eigenvalue weighted by Gasteiger charge is 2.15. The number of guanidine groups is 1. The molecule has 0 aliphatic rings. The first kappa shape index (κ1) is 24.3. The molecule has 0 radical (unpaired) electrons. The number of alkyl carbamates (subject to hydrolysis) is 1. The van der Waals surface area contributed by atoms with Crippen molar-refractivity contribution < 1.29 is 14.3 Å². The van der Waals surface area contributed by atoms with E-state index >= 15 is 0 Å². The number of nitrogens with two attached hydrogens (primary N) is 1. The van der Waals surface area contributed by atoms with Crippen LogP contribution in [0.2, 0.25) is 0 Å². The summed E-state index contributed by atoms with van der Waals surface area (Å²) in [5, 5.41) is 5.69. The lowest BCUT2D eigenvalue weighted by Crippen LogP contribution is -2.33. The molecule has 4 N–H and O–H groups in total. The Balaban J connectivity index is 0.00000625. The third-order valence-corrected chi connectivity index (χ3v) is 2.78. The summed E-state index contributed by atoms with van der Waals surface area (Å²) in [6, 6.07) is 7.51. The van der Waals surface area contributed by atoms with E-state index in [4.69, 9.17) is 15.2 Å². The molecular weight excluding hydrogens is 447 g/mol. The Labute approximate surface area is 173 Å². The van der Waals surface area contributed by atoms with Gasteiger partial charge < -0.3 is 25.8 Å². The van der Waals surface area contributed by atoms with Gasteiger partial charge >= 0.3 is 6.09 Å². The number of anilines is 1. The van der Waals surface area contributed by atoms with E-state index in [1.807, 2.05) is 58.9 Å². The fourth-order valence-corrected chi connectivity index (χ4v) is 1.86. The van der Waals surface area contributed by atoms with Crippen LogP contribution >= 0.6 is 24.0 Å². The van der Waals surface area contributed by atoms with Gasteiger partial charge in [-0.1, -0.05) is 0 Å². The summed E-state index contributed by atoms with van der Waals surface area (Å²) in [7, 11) is 0. The summed E-state index contributed by atoms with van der Waals surface area (Å²) in [6.45, 7) is 10.4. The van der Waals surface area contributed by atoms with Crippen molar-refractivity contribution in [3.63, 3.8) is 0 Å². The van der Waals surface area contributed by atoms with Gasteiger partial charge in [0.25, 0.3) is 0 Å². The number of hydrogen-bond donors (Lipinski definition) is 3. The van der Waals surface area contributed by atoms with Gasteiger partial charge in [0.05, 0.1) is 6.10 Å². The first-order valence-corrected chi connectivity index (χ1v) is 8.46. The zero-order valence-electron chi connectivity index (χ0n) is 16.2. The van der Waals surface area contributed by atoms with Crippen LogP contribution in [0.3, 0.4) is 0 Å². The molecule has 0 aromatic heterocycles. The molecular formula is C18H31IN4O3. The topological polar surface area (TPSA) is 98.0 Å². The number of carbonyl (C=O) groups excluding carboxylic acids is 1. The van der Waals surface area contributed by atoms with Crippen LogP contribution in [0, 0.1) is 0 Å². The van der Waals surface area contributed by atoms with Crippen LogP contribution < -0.4 is 21.1 Å². The second-order valence-corrected chi connectivity index (χ2v) is 6.87. The molecule has 8 heteroatoms. The Kier molecular flexibility index (Phi) is 11.0. The monoisotopic (exact) mass is 478 g/mol. The standard InChI is InChI=1S/C18H30N4O3.HI/c1-13(2)24-15-9-7-14(8-10-15)22-16(19)20-11-6-12-21-17(23)25-18(3,4)5;/h7-10,13H,6,11-12H2,1-5H3,(H,21,23)(H3,19,20,22);1H. The van der Waals surface area contributed by atoms with Gasteiger partial charge in [0.1, 0.15) is 11.4 Å². The number of carbonyl (C=O) groups is 1. The Hall–Kier alpha value is -1.71. The molecule has 0 bridgehead atoms. The quantitative estimate of drug-likeness (QED) is 0.240. The van der Waals surface area contributed by atoms with Gasteiger partial charge in [-0.2, -0.15) is 0 Å². The summed E-state index contributed by atoms with van der Waals surface area (Å²) in [5.41, 5.74) is 6.19. The molecule has 7 nitrogen and oxygen atoms in total. The fourth-order valence-electron chi connectivity index (χ4n) is 1.86. The number of benzene rings is 1. The molecule has 0 heterocycles. The normalized spacial score (nSPS) is 11.5. The van der Waals surface area contributed by atoms with E-state index in [-0.39, 0.29) is 30.1 Å². The van der Waals surface area contributed by atoms with E-state index in [1.165, 1.54) is 0 Å². The summed E-state index contributed by atoms with van der Waals surface area (Å²) in [6.07, 6.45) is 0.383. The zero-order chi connectivity index (χ0) is 18.9. The number of nitrogens with zero attached hydrogens (tertiary/aromatic N) is 1. The molecule has 0 saturated carbocycles. The summed E-state index contributed by atoms with van der Waals surface area (Å²) in [5.74, 6) is 1.14. The first-order valence-electron chi connectivity index (χ1n) is 8.46. The average molecular weight is 478 g/mol. The third kappa shape index (κ3) is 11.8. The van der Waals surface area contributed by atoms with E-state index in [1.54, 1.807) is 0 Å². The Morgan fingerprint density at radius 2 is 1.85 bits per heavy atom. The van der Waals surface area contributed by atoms with Crippen molar-refractivity contribution in [2.45, 2.75) is 52.7 Å². The minimum absolute atomic E-state index is 0. The number of rotatable bonds is 7. The number of ether oxygens (including phenoxy) is 2. The van der Waals surface area contributed by atoms with Gasteiger partial charge in [0, 0.05) is 18.8 Å². The molecule has 1 aromatic carbocycles. The smallest absolute Gasteiger partial charge is 0.407 e. The van der Waals surface area contributed by atoms with Crippen molar-refractivity contribution in [3.8, 4) is 5.75 Å². The van der Waals surface area contributed by atoms with E-state index in [9.17, 15) is 4.79 Å². The van der Waals surface area contributed by atoms with Crippen LogP contribution in [0.1, 0.15) is 41.0 Å². The maximum absolute atomic E-state index is 11.5. The predicted octanol–water partition coefficient (Wildman–Crippen LogP) is 3.73. The molecule has 0 atom stereocenters. The van der Waals surface area contributed by atoms with Crippen molar-refractivity contribution in [2.24, 2.45) is 10.7 Å². The van der Waals surface area contributed by atoms with Gasteiger partial charge in [-0.15, -0.1) is 24.0 Å². The van der Waals surface area contributed by atoms with Crippen molar-refractivity contribution >= 4 is 41.7 Å². The van der Waals surface area contributed by atoms with Crippen molar-refractivity contribution in [1.82, 2.24) is 5.32 Å². The van der Waals surface area contributed by atoms with E-state index in [2.05, 4.69) is 15.6 Å². The fraction of sp³-hybridized carbons (Fsp3) is 0.556. The molecule has 1 aromatic rings. The largest absolute Gasteiger partial charge is 0.491 e. The van der Waals surface area contributed by atoms with Crippen LogP contribution in [-0.4, -0.2) is 36.8 Å². The second-order valence-electron chi connectivity index (χ2n) is 6.87. The van der Waals surface area contributed by atoms with Gasteiger partial charge in [0.2, 0.25) is 0 Å². The summed E-state index contributed by atoms with van der Waals surface area (Å²) >= 11 is 0. The number of nitrogens with one attached hydrogen (secondary N) is 2. The molecule has 0 aliphatic heterocycles. The van der Waals surface area contributed by atoms with Crippen LogP contribution in [0.5, 0.6) is 5.75 Å². The molecule has 0 saturated heterocycles. The summed E-state index contributed by atoms with van der Waals surface area (Å²) in [4.78, 5) is 15.7. The lowest BCUT2D eigenvalue weighted by atomic mass is 10.2. The molecule has 1 amide bonds. The van der Waals surface area contributed by atoms with Gasteiger partial charge in [-0.05, 0) is 65.3 Å². The minimum atomic E-state index is -0.494. The van der Waals surface area contributed by atoms with Gasteiger partial charge in [-0.25, -0.2) is 4.79 Å². The Morgan fingerprint density at radius 3 is 2.38 bits per heavy atom. The average Bonchev–Trinajstić information content (AvgIpc) is 2.46. The van der Waals surface area contributed by atoms with Crippen LogP contribution in [-0.2, 0) is 4.74 Å². The Morgan fingerprint density at radius 1 is 1.23 bits per heavy atom. The predicted molar refractivity (Wildman–Crippen MR) is 117 cm³/mol. The second kappa shape index (κ2) is 11.8. The highest BCUT2D eigenvalue weighted by molar-refractivity contribution is 14.0. The first-order chi connectivity index (χ1) is 11.7. The number of hydrogen-bond acceptors (Lipinski definition) is 4. The minimum Gasteiger partial charge on any atom is -0.491 e. The Bertz CT molecular complexity index is 569. The lowest BCUT2D eigenvalue weighted by molar-refractivity contribution is 0.0527. The van der Waals surface area contributed by atoms with Crippen molar-refractivity contribution in [1.29, 1.82) is 0 Å². The van der Waals surface area contributed by atoms with E-state index in [0.717, 1.165) is 11.4 Å². The number of amides is 1. The van der Waals surface area contributed by atoms with Crippen LogP contribution in [0.15, 0.2) is 29.3 Å². The SMILES string of the molecule is CC(C)Oc1ccc(NC(N)=NCCCNC(=O)OC(C)(C)C)cc1.I. The van der Waals surface area contributed by atoms with Crippen molar-refractivity contribution in [2.75, 3.05) is 18.4 Å². The summed E-state index contributed by atoms with van der Waals surface area (Å²) < 4.78 is 10.7. The molecule has 0 unspecified atom stereocenters. The van der Waals surface area contributed by atoms with Gasteiger partial charge in [0.15, 0.2) is 5.96 Å². The lowest BCUT2D eigenvalue weighted by Gasteiger charge is -2.19. The van der Waals surface area contributed by atoms with E-state index in [0.29, 0.717) is 25.5 Å². The molecule has 0 spiro atoms. The zero-order valence-corrected chi connectivity index (χ0v) is 18.5. The molecule has 0 fully saturated rings. The third-order valence-electron chi connectivity index (χ3n) is 2.78. The van der Waals surface area contributed by atoms with Crippen LogP contribution in [0.25, 0.3) is 0 Å². The van der Waals surface area contributed by atoms with Gasteiger partial charge in [-0.3, -0.25) is 4.99 Å². The molecule has 148 valence electrons. The highest BCUT2D eigenvalue weighted by atomic mass is 127. The van der Waals surface area contributed by atoms with E-state index < -0.39 is 11.7 Å².